The van der Waals surface area contributed by atoms with Gasteiger partial charge in [-0.3, -0.25) is 4.79 Å². The fourth-order valence-corrected chi connectivity index (χ4v) is 0.397. The Morgan fingerprint density at radius 1 is 1.80 bits per heavy atom. The summed E-state index contributed by atoms with van der Waals surface area (Å²) in [6.07, 6.45) is -1.47. The molecule has 0 saturated heterocycles. The van der Waals surface area contributed by atoms with Crippen molar-refractivity contribution in [2.75, 3.05) is 6.54 Å². The van der Waals surface area contributed by atoms with E-state index in [0.717, 1.165) is 0 Å². The second-order valence-electron chi connectivity index (χ2n) is 1.67. The lowest BCUT2D eigenvalue weighted by Crippen LogP contribution is -2.15. The van der Waals surface area contributed by atoms with E-state index in [1.165, 1.54) is 0 Å². The first-order valence-corrected chi connectivity index (χ1v) is 2.57. The lowest BCUT2D eigenvalue weighted by molar-refractivity contribution is -0.139. The van der Waals surface area contributed by atoms with Crippen molar-refractivity contribution in [3.8, 4) is 0 Å². The normalized spacial score (nSPS) is 11.7. The Morgan fingerprint density at radius 3 is 2.80 bits per heavy atom. The molecule has 0 amide bonds. The number of hydrogen-bond donors (Lipinski definition) is 2. The van der Waals surface area contributed by atoms with Gasteiger partial charge in [-0.25, -0.2) is 0 Å². The molecule has 0 rings (SSSR count). The second-order valence-corrected chi connectivity index (χ2v) is 1.67. The number of carbonyl (C=O) groups is 1. The Hall–Kier alpha value is -1.26. The van der Waals surface area contributed by atoms with Crippen LogP contribution in [0.1, 0.15) is 6.42 Å². The van der Waals surface area contributed by atoms with Crippen LogP contribution in [0, 0.1) is 0 Å². The summed E-state index contributed by atoms with van der Waals surface area (Å²) in [4.78, 5) is 12.2. The minimum atomic E-state index is -1.11. The topological polar surface area (TPSA) is 106 Å². The molecule has 0 aromatic carbocycles. The third-order valence-corrected chi connectivity index (χ3v) is 0.766. The van der Waals surface area contributed by atoms with Crippen LogP contribution in [0.2, 0.25) is 0 Å². The number of hydrogen-bond acceptors (Lipinski definition) is 3. The van der Waals surface area contributed by atoms with E-state index in [1.807, 2.05) is 0 Å². The standard InChI is InChI=1S/C4H7N3O3/c5-7-6-2-3(8)1-4(9)10/h3,8H,1-2H2,(H,9,10)/t3-/m1/s1. The van der Waals surface area contributed by atoms with Crippen molar-refractivity contribution in [3.63, 3.8) is 0 Å². The molecule has 0 spiro atoms. The zero-order valence-corrected chi connectivity index (χ0v) is 5.14. The van der Waals surface area contributed by atoms with Gasteiger partial charge in [-0.2, -0.15) is 0 Å². The average Bonchev–Trinajstić information content (AvgIpc) is 1.82. The number of carboxylic acid groups (broad SMARTS) is 1. The maximum atomic E-state index is 9.88. The van der Waals surface area contributed by atoms with Gasteiger partial charge in [-0.05, 0) is 5.53 Å². The maximum absolute atomic E-state index is 9.88. The first kappa shape index (κ1) is 8.74. The Kier molecular flexibility index (Phi) is 4.02. The molecule has 0 fully saturated rings. The summed E-state index contributed by atoms with van der Waals surface area (Å²) in [5.41, 5.74) is 7.75. The molecule has 2 N–H and O–H groups in total. The maximum Gasteiger partial charge on any atom is 0.305 e. The molecule has 6 nitrogen and oxygen atoms in total. The molecule has 0 aromatic heterocycles. The third-order valence-electron chi connectivity index (χ3n) is 0.766. The molecule has 0 aliphatic rings. The van der Waals surface area contributed by atoms with Crippen LogP contribution in [0.5, 0.6) is 0 Å². The average molecular weight is 145 g/mol. The van der Waals surface area contributed by atoms with Gasteiger partial charge in [0.2, 0.25) is 0 Å². The van der Waals surface area contributed by atoms with E-state index in [1.54, 1.807) is 0 Å². The van der Waals surface area contributed by atoms with Gasteiger partial charge in [0.15, 0.2) is 0 Å². The van der Waals surface area contributed by atoms with Crippen molar-refractivity contribution in [1.29, 1.82) is 0 Å². The SMILES string of the molecule is [N-]=[N+]=NC[C@H](O)CC(=O)O. The summed E-state index contributed by atoms with van der Waals surface area (Å²) in [6.45, 7) is -0.192. The summed E-state index contributed by atoms with van der Waals surface area (Å²) in [5, 5.41) is 19.8. The summed E-state index contributed by atoms with van der Waals surface area (Å²) in [5.74, 6) is -1.11. The zero-order valence-electron chi connectivity index (χ0n) is 5.14. The van der Waals surface area contributed by atoms with Crippen LogP contribution >= 0.6 is 0 Å². The highest BCUT2D eigenvalue weighted by Gasteiger charge is 2.06. The van der Waals surface area contributed by atoms with E-state index in [2.05, 4.69) is 10.0 Å². The molecule has 0 radical (unpaired) electrons. The molecule has 0 heterocycles. The number of aliphatic hydroxyl groups is 1. The van der Waals surface area contributed by atoms with E-state index in [0.29, 0.717) is 0 Å². The third kappa shape index (κ3) is 4.89. The quantitative estimate of drug-likeness (QED) is 0.333. The molecule has 1 atom stereocenters. The van der Waals surface area contributed by atoms with Crippen LogP contribution in [-0.4, -0.2) is 28.8 Å². The molecule has 0 aliphatic carbocycles. The molecule has 0 aromatic rings. The largest absolute Gasteiger partial charge is 0.481 e. The van der Waals surface area contributed by atoms with Gasteiger partial charge in [-0.15, -0.1) is 0 Å². The number of carboxylic acids is 1. The van der Waals surface area contributed by atoms with Gasteiger partial charge >= 0.3 is 5.97 Å². The van der Waals surface area contributed by atoms with E-state index >= 15 is 0 Å². The second kappa shape index (κ2) is 4.60. The number of azide groups is 1. The van der Waals surface area contributed by atoms with Crippen LogP contribution in [0.4, 0.5) is 0 Å². The van der Waals surface area contributed by atoms with Gasteiger partial charge in [0.25, 0.3) is 0 Å². The van der Waals surface area contributed by atoms with Crippen molar-refractivity contribution < 1.29 is 15.0 Å². The molecule has 56 valence electrons. The smallest absolute Gasteiger partial charge is 0.305 e. The van der Waals surface area contributed by atoms with Gasteiger partial charge in [0, 0.05) is 4.91 Å². The molecule has 6 heteroatoms. The van der Waals surface area contributed by atoms with Gasteiger partial charge < -0.3 is 10.2 Å². The molecule has 10 heavy (non-hydrogen) atoms. The first-order chi connectivity index (χ1) is 4.66. The monoisotopic (exact) mass is 145 g/mol. The van der Waals surface area contributed by atoms with E-state index < -0.39 is 12.1 Å². The number of rotatable bonds is 4. The summed E-state index contributed by atoms with van der Waals surface area (Å²) in [7, 11) is 0. The lowest BCUT2D eigenvalue weighted by atomic mass is 10.3. The highest BCUT2D eigenvalue weighted by molar-refractivity contribution is 5.67. The number of aliphatic hydroxyl groups excluding tert-OH is 1. The van der Waals surface area contributed by atoms with Gasteiger partial charge in [0.05, 0.1) is 19.1 Å². The van der Waals surface area contributed by atoms with Crippen LogP contribution in [0.25, 0.3) is 10.4 Å². The molecule has 0 unspecified atom stereocenters. The van der Waals surface area contributed by atoms with E-state index in [9.17, 15) is 4.79 Å². The van der Waals surface area contributed by atoms with Crippen LogP contribution in [-0.2, 0) is 4.79 Å². The summed E-state index contributed by atoms with van der Waals surface area (Å²) < 4.78 is 0. The van der Waals surface area contributed by atoms with Gasteiger partial charge in [-0.1, -0.05) is 5.11 Å². The van der Waals surface area contributed by atoms with E-state index in [-0.39, 0.29) is 13.0 Å². The molecular formula is C4H7N3O3. The van der Waals surface area contributed by atoms with Crippen molar-refractivity contribution in [1.82, 2.24) is 0 Å². The van der Waals surface area contributed by atoms with E-state index in [4.69, 9.17) is 15.7 Å². The van der Waals surface area contributed by atoms with Crippen molar-refractivity contribution in [2.45, 2.75) is 12.5 Å². The minimum absolute atomic E-state index is 0.192. The Labute approximate surface area is 56.7 Å². The Balaban J connectivity index is 3.52. The Bertz CT molecular complexity index is 159. The fourth-order valence-electron chi connectivity index (χ4n) is 0.397. The predicted octanol–water partition coefficient (Wildman–Crippen LogP) is 0.132. The molecule has 0 aliphatic heterocycles. The molecular weight excluding hydrogens is 138 g/mol. The minimum Gasteiger partial charge on any atom is -0.481 e. The summed E-state index contributed by atoms with van der Waals surface area (Å²) >= 11 is 0. The van der Waals surface area contributed by atoms with Crippen LogP contribution in [0.15, 0.2) is 5.11 Å². The molecule has 0 bridgehead atoms. The van der Waals surface area contributed by atoms with Crippen molar-refractivity contribution in [2.24, 2.45) is 5.11 Å². The number of aliphatic carboxylic acids is 1. The summed E-state index contributed by atoms with van der Waals surface area (Å²) in [6, 6.07) is 0. The highest BCUT2D eigenvalue weighted by atomic mass is 16.4. The lowest BCUT2D eigenvalue weighted by Gasteiger charge is -2.00. The fraction of sp³-hybridized carbons (Fsp3) is 0.750. The van der Waals surface area contributed by atoms with Crippen LogP contribution in [0.3, 0.4) is 0 Å². The molecule has 0 saturated carbocycles. The van der Waals surface area contributed by atoms with Crippen molar-refractivity contribution in [3.05, 3.63) is 10.4 Å². The predicted molar refractivity (Wildman–Crippen MR) is 32.3 cm³/mol. The van der Waals surface area contributed by atoms with Crippen molar-refractivity contribution >= 4 is 5.97 Å². The number of nitrogens with zero attached hydrogens (tertiary/aromatic N) is 3. The van der Waals surface area contributed by atoms with Crippen LogP contribution < -0.4 is 0 Å². The van der Waals surface area contributed by atoms with Gasteiger partial charge in [0.1, 0.15) is 0 Å². The first-order valence-electron chi connectivity index (χ1n) is 2.57. The highest BCUT2D eigenvalue weighted by Crippen LogP contribution is 1.91. The zero-order chi connectivity index (χ0) is 7.98. The Morgan fingerprint density at radius 2 is 2.40 bits per heavy atom.